The number of aromatic nitrogens is 2. The first-order valence-electron chi connectivity index (χ1n) is 5.02. The third-order valence-electron chi connectivity index (χ3n) is 2.50. The predicted octanol–water partition coefficient (Wildman–Crippen LogP) is 1.94. The van der Waals surface area contributed by atoms with E-state index in [0.717, 1.165) is 17.0 Å². The number of pyridine rings is 1. The van der Waals surface area contributed by atoms with Crippen LogP contribution in [0.4, 0.5) is 0 Å². The van der Waals surface area contributed by atoms with E-state index in [-0.39, 0.29) is 6.04 Å². The highest BCUT2D eigenvalue weighted by atomic mass is 35.5. The first kappa shape index (κ1) is 11.4. The molecule has 0 spiro atoms. The third kappa shape index (κ3) is 1.91. The van der Waals surface area contributed by atoms with Gasteiger partial charge in [-0.05, 0) is 19.1 Å². The first-order chi connectivity index (χ1) is 7.63. The summed E-state index contributed by atoms with van der Waals surface area (Å²) in [5, 5.41) is 0.663. The summed E-state index contributed by atoms with van der Waals surface area (Å²) in [4.78, 5) is 4.43. The van der Waals surface area contributed by atoms with E-state index in [0.29, 0.717) is 11.6 Å². The molecular weight excluding hydrogens is 226 g/mol. The van der Waals surface area contributed by atoms with Gasteiger partial charge in [-0.25, -0.2) is 4.98 Å². The Balaban J connectivity index is 2.58. The maximum absolute atomic E-state index is 6.04. The minimum Gasteiger partial charge on any atom is -0.383 e. The fourth-order valence-corrected chi connectivity index (χ4v) is 2.02. The fourth-order valence-electron chi connectivity index (χ4n) is 1.86. The Bertz CT molecular complexity index is 509. The highest BCUT2D eigenvalue weighted by molar-refractivity contribution is 6.30. The van der Waals surface area contributed by atoms with Gasteiger partial charge < -0.3 is 14.9 Å². The van der Waals surface area contributed by atoms with Gasteiger partial charge in [-0.15, -0.1) is 0 Å². The number of hydrogen-bond acceptors (Lipinski definition) is 3. The van der Waals surface area contributed by atoms with Gasteiger partial charge in [0.25, 0.3) is 0 Å². The lowest BCUT2D eigenvalue weighted by atomic mass is 10.2. The zero-order valence-corrected chi connectivity index (χ0v) is 10.0. The molecule has 0 amide bonds. The molecule has 4 nitrogen and oxygen atoms in total. The summed E-state index contributed by atoms with van der Waals surface area (Å²) in [7, 11) is 1.63. The normalized spacial score (nSPS) is 13.2. The maximum atomic E-state index is 6.04. The lowest BCUT2D eigenvalue weighted by Crippen LogP contribution is -2.19. The van der Waals surface area contributed by atoms with Crippen LogP contribution in [0.25, 0.3) is 5.65 Å². The van der Waals surface area contributed by atoms with Crippen molar-refractivity contribution in [3.63, 3.8) is 0 Å². The van der Waals surface area contributed by atoms with Crippen LogP contribution in [0.1, 0.15) is 17.4 Å². The van der Waals surface area contributed by atoms with Gasteiger partial charge in [0, 0.05) is 13.3 Å². The molecule has 2 heterocycles. The van der Waals surface area contributed by atoms with E-state index >= 15 is 0 Å². The monoisotopic (exact) mass is 239 g/mol. The van der Waals surface area contributed by atoms with Crippen molar-refractivity contribution < 1.29 is 4.74 Å². The molecule has 0 fully saturated rings. The number of ether oxygens (including phenoxy) is 1. The Hall–Kier alpha value is -1.10. The molecule has 2 N–H and O–H groups in total. The maximum Gasteiger partial charge on any atom is 0.137 e. The minimum atomic E-state index is -0.196. The number of rotatable bonds is 3. The molecule has 0 radical (unpaired) electrons. The van der Waals surface area contributed by atoms with Crippen molar-refractivity contribution >= 4 is 17.2 Å². The van der Waals surface area contributed by atoms with Crippen molar-refractivity contribution in [2.45, 2.75) is 13.0 Å². The fraction of sp³-hybridized carbons (Fsp3) is 0.364. The van der Waals surface area contributed by atoms with Crippen molar-refractivity contribution in [2.75, 3.05) is 13.7 Å². The topological polar surface area (TPSA) is 52.5 Å². The lowest BCUT2D eigenvalue weighted by Gasteiger charge is -2.11. The molecule has 0 aliphatic rings. The number of hydrogen-bond donors (Lipinski definition) is 1. The van der Waals surface area contributed by atoms with Crippen molar-refractivity contribution in [3.8, 4) is 0 Å². The molecule has 0 bridgehead atoms. The average molecular weight is 240 g/mol. The molecule has 1 unspecified atom stereocenters. The number of halogens is 1. The molecule has 1 atom stereocenters. The zero-order valence-electron chi connectivity index (χ0n) is 9.27. The molecule has 0 aliphatic heterocycles. The van der Waals surface area contributed by atoms with E-state index in [2.05, 4.69) is 4.98 Å². The number of nitrogens with zero attached hydrogens (tertiary/aromatic N) is 2. The van der Waals surface area contributed by atoms with Crippen LogP contribution in [0.15, 0.2) is 18.3 Å². The van der Waals surface area contributed by atoms with E-state index in [4.69, 9.17) is 22.1 Å². The highest BCUT2D eigenvalue weighted by Crippen LogP contribution is 2.20. The van der Waals surface area contributed by atoms with Crippen LogP contribution in [0.5, 0.6) is 0 Å². The summed E-state index contributed by atoms with van der Waals surface area (Å²) < 4.78 is 6.98. The molecule has 0 saturated heterocycles. The van der Waals surface area contributed by atoms with Gasteiger partial charge in [-0.2, -0.15) is 0 Å². The highest BCUT2D eigenvalue weighted by Gasteiger charge is 2.15. The number of fused-ring (bicyclic) bond motifs is 1. The largest absolute Gasteiger partial charge is 0.383 e. The van der Waals surface area contributed by atoms with Gasteiger partial charge in [0.15, 0.2) is 0 Å². The molecule has 5 heteroatoms. The second kappa shape index (κ2) is 4.41. The quantitative estimate of drug-likeness (QED) is 0.891. The molecule has 0 aliphatic carbocycles. The van der Waals surface area contributed by atoms with E-state index in [1.807, 2.05) is 29.7 Å². The Morgan fingerprint density at radius 1 is 1.56 bits per heavy atom. The molecule has 2 aromatic rings. The summed E-state index contributed by atoms with van der Waals surface area (Å²) in [5.41, 5.74) is 8.74. The van der Waals surface area contributed by atoms with Gasteiger partial charge >= 0.3 is 0 Å². The molecule has 2 rings (SSSR count). The summed E-state index contributed by atoms with van der Waals surface area (Å²) >= 11 is 5.96. The minimum absolute atomic E-state index is 0.196. The van der Waals surface area contributed by atoms with Crippen molar-refractivity contribution in [1.82, 2.24) is 9.38 Å². The second-order valence-electron chi connectivity index (χ2n) is 3.72. The molecule has 0 aromatic carbocycles. The number of nitrogens with two attached hydrogens (primary N) is 1. The van der Waals surface area contributed by atoms with Crippen molar-refractivity contribution in [2.24, 2.45) is 5.73 Å². The van der Waals surface area contributed by atoms with Crippen molar-refractivity contribution in [1.29, 1.82) is 0 Å². The standard InChI is InChI=1S/C11H14ClN3O/c1-7-11(9(13)6-16-2)15-5-8(12)3-4-10(15)14-7/h3-5,9H,6,13H2,1-2H3. The van der Waals surface area contributed by atoms with Crippen LogP contribution in [0.3, 0.4) is 0 Å². The summed E-state index contributed by atoms with van der Waals surface area (Å²) in [6.45, 7) is 2.40. The van der Waals surface area contributed by atoms with Crippen LogP contribution >= 0.6 is 11.6 Å². The Morgan fingerprint density at radius 3 is 3.00 bits per heavy atom. The zero-order chi connectivity index (χ0) is 11.7. The molecule has 16 heavy (non-hydrogen) atoms. The van der Waals surface area contributed by atoms with E-state index in [1.54, 1.807) is 7.11 Å². The van der Waals surface area contributed by atoms with Crippen LogP contribution in [-0.4, -0.2) is 23.1 Å². The predicted molar refractivity (Wildman–Crippen MR) is 63.7 cm³/mol. The van der Waals surface area contributed by atoms with Gasteiger partial charge in [0.1, 0.15) is 5.65 Å². The van der Waals surface area contributed by atoms with Crippen molar-refractivity contribution in [3.05, 3.63) is 34.7 Å². The molecule has 0 saturated carbocycles. The van der Waals surface area contributed by atoms with Crippen LogP contribution in [0, 0.1) is 6.92 Å². The van der Waals surface area contributed by atoms with E-state index in [1.165, 1.54) is 0 Å². The summed E-state index contributed by atoms with van der Waals surface area (Å²) in [6.07, 6.45) is 1.82. The number of imidazole rings is 1. The van der Waals surface area contributed by atoms with Crippen LogP contribution < -0.4 is 5.73 Å². The number of methoxy groups -OCH3 is 1. The Labute approximate surface area is 99.0 Å². The lowest BCUT2D eigenvalue weighted by molar-refractivity contribution is 0.179. The molecular formula is C11H14ClN3O. The van der Waals surface area contributed by atoms with Gasteiger partial charge in [-0.1, -0.05) is 11.6 Å². The van der Waals surface area contributed by atoms with Gasteiger partial charge in [-0.3, -0.25) is 0 Å². The van der Waals surface area contributed by atoms with Crippen LogP contribution in [-0.2, 0) is 4.74 Å². The first-order valence-corrected chi connectivity index (χ1v) is 5.40. The van der Waals surface area contributed by atoms with Crippen LogP contribution in [0.2, 0.25) is 5.02 Å². The number of aryl methyl sites for hydroxylation is 1. The molecule has 86 valence electrons. The van der Waals surface area contributed by atoms with E-state index < -0.39 is 0 Å². The Kier molecular flexibility index (Phi) is 3.14. The van der Waals surface area contributed by atoms with Gasteiger partial charge in [0.05, 0.1) is 29.1 Å². The summed E-state index contributed by atoms with van der Waals surface area (Å²) in [5.74, 6) is 0. The Morgan fingerprint density at radius 2 is 2.31 bits per heavy atom. The molecule has 2 aromatic heterocycles. The second-order valence-corrected chi connectivity index (χ2v) is 4.16. The average Bonchev–Trinajstić information content (AvgIpc) is 2.53. The smallest absolute Gasteiger partial charge is 0.137 e. The van der Waals surface area contributed by atoms with E-state index in [9.17, 15) is 0 Å². The third-order valence-corrected chi connectivity index (χ3v) is 2.72. The van der Waals surface area contributed by atoms with Gasteiger partial charge in [0.2, 0.25) is 0 Å². The summed E-state index contributed by atoms with van der Waals surface area (Å²) in [6, 6.07) is 3.49. The SMILES string of the molecule is COCC(N)c1c(C)nc2ccc(Cl)cn12.